The summed E-state index contributed by atoms with van der Waals surface area (Å²) in [6.45, 7) is 13.3. The fraction of sp³-hybridized carbons (Fsp3) is 1.00. The molecular formula is C13H30. The maximum Gasteiger partial charge on any atom is -0.0417 e. The Bertz CT molecular complexity index is 76.1. The van der Waals surface area contributed by atoms with Gasteiger partial charge in [-0.05, 0) is 11.8 Å². The molecule has 0 spiro atoms. The Hall–Kier alpha value is 0. The Morgan fingerprint density at radius 2 is 1.38 bits per heavy atom. The van der Waals surface area contributed by atoms with Gasteiger partial charge in [0.25, 0.3) is 0 Å². The molecule has 0 saturated carbocycles. The van der Waals surface area contributed by atoms with Crippen LogP contribution >= 0.6 is 0 Å². The van der Waals surface area contributed by atoms with E-state index in [2.05, 4.69) is 27.7 Å². The van der Waals surface area contributed by atoms with Crippen molar-refractivity contribution in [1.82, 2.24) is 0 Å². The van der Waals surface area contributed by atoms with E-state index < -0.39 is 0 Å². The van der Waals surface area contributed by atoms with Gasteiger partial charge in [0.15, 0.2) is 0 Å². The molecule has 0 saturated heterocycles. The molecule has 0 aliphatic carbocycles. The summed E-state index contributed by atoms with van der Waals surface area (Å²) < 4.78 is 0. The van der Waals surface area contributed by atoms with Crippen LogP contribution in [0.5, 0.6) is 0 Å². The number of rotatable bonds is 6. The van der Waals surface area contributed by atoms with E-state index in [9.17, 15) is 0 Å². The molecule has 0 heterocycles. The fourth-order valence-corrected chi connectivity index (χ4v) is 1.40. The first-order chi connectivity index (χ1) is 6.22. The molecular weight excluding hydrogens is 156 g/mol. The highest BCUT2D eigenvalue weighted by molar-refractivity contribution is 4.59. The average Bonchev–Trinajstić information content (AvgIpc) is 2.20. The highest BCUT2D eigenvalue weighted by atomic mass is 14.1. The minimum Gasteiger partial charge on any atom is -0.0683 e. The SMILES string of the molecule is CC.CCCCCC(C)C(C)CC. The van der Waals surface area contributed by atoms with E-state index in [-0.39, 0.29) is 0 Å². The first-order valence-corrected chi connectivity index (χ1v) is 6.22. The van der Waals surface area contributed by atoms with E-state index >= 15 is 0 Å². The Labute approximate surface area is 86.1 Å². The van der Waals surface area contributed by atoms with Crippen molar-refractivity contribution in [2.24, 2.45) is 11.8 Å². The van der Waals surface area contributed by atoms with E-state index in [0.29, 0.717) is 0 Å². The molecule has 0 rings (SSSR count). The van der Waals surface area contributed by atoms with Gasteiger partial charge >= 0.3 is 0 Å². The number of unbranched alkanes of at least 4 members (excludes halogenated alkanes) is 2. The molecule has 0 aromatic rings. The molecule has 0 aromatic carbocycles. The summed E-state index contributed by atoms with van der Waals surface area (Å²) in [7, 11) is 0. The molecule has 0 aliphatic heterocycles. The van der Waals surface area contributed by atoms with Gasteiger partial charge in [-0.3, -0.25) is 0 Å². The van der Waals surface area contributed by atoms with Crippen molar-refractivity contribution in [3.8, 4) is 0 Å². The highest BCUT2D eigenvalue weighted by Gasteiger charge is 2.08. The van der Waals surface area contributed by atoms with Crippen LogP contribution in [0.3, 0.4) is 0 Å². The molecule has 0 fully saturated rings. The van der Waals surface area contributed by atoms with Crippen molar-refractivity contribution in [3.63, 3.8) is 0 Å². The summed E-state index contributed by atoms with van der Waals surface area (Å²) in [6, 6.07) is 0. The van der Waals surface area contributed by atoms with Crippen LogP contribution in [0.25, 0.3) is 0 Å². The zero-order valence-electron chi connectivity index (χ0n) is 10.7. The third-order valence-corrected chi connectivity index (χ3v) is 2.88. The Kier molecular flexibility index (Phi) is 14.3. The van der Waals surface area contributed by atoms with E-state index in [1.165, 1.54) is 32.1 Å². The monoisotopic (exact) mass is 186 g/mol. The minimum absolute atomic E-state index is 0.923. The van der Waals surface area contributed by atoms with Crippen molar-refractivity contribution >= 4 is 0 Å². The van der Waals surface area contributed by atoms with Crippen LogP contribution in [0, 0.1) is 11.8 Å². The lowest BCUT2D eigenvalue weighted by Gasteiger charge is -2.17. The van der Waals surface area contributed by atoms with Crippen molar-refractivity contribution < 1.29 is 0 Å². The second-order valence-corrected chi connectivity index (χ2v) is 3.86. The third kappa shape index (κ3) is 9.92. The lowest BCUT2D eigenvalue weighted by atomic mass is 9.89. The summed E-state index contributed by atoms with van der Waals surface area (Å²) in [5.41, 5.74) is 0. The molecule has 13 heavy (non-hydrogen) atoms. The van der Waals surface area contributed by atoms with E-state index in [4.69, 9.17) is 0 Å². The van der Waals surface area contributed by atoms with Crippen LogP contribution in [0.15, 0.2) is 0 Å². The quantitative estimate of drug-likeness (QED) is 0.495. The van der Waals surface area contributed by atoms with Crippen LogP contribution in [-0.4, -0.2) is 0 Å². The summed E-state index contributed by atoms with van der Waals surface area (Å²) in [5.74, 6) is 1.86. The number of hydrogen-bond donors (Lipinski definition) is 0. The Morgan fingerprint density at radius 1 is 0.846 bits per heavy atom. The molecule has 2 atom stereocenters. The summed E-state index contributed by atoms with van der Waals surface area (Å²) in [5, 5.41) is 0. The van der Waals surface area contributed by atoms with Crippen molar-refractivity contribution in [2.75, 3.05) is 0 Å². The lowest BCUT2D eigenvalue weighted by molar-refractivity contribution is 0.344. The standard InChI is InChI=1S/C11H24.C2H6/c1-5-7-8-9-11(4)10(3)6-2;1-2/h10-11H,5-9H2,1-4H3;1-2H3. The molecule has 0 nitrogen and oxygen atoms in total. The zero-order valence-corrected chi connectivity index (χ0v) is 10.7. The van der Waals surface area contributed by atoms with Crippen molar-refractivity contribution in [3.05, 3.63) is 0 Å². The summed E-state index contributed by atoms with van der Waals surface area (Å²) in [4.78, 5) is 0. The molecule has 0 aromatic heterocycles. The smallest absolute Gasteiger partial charge is 0.0417 e. The van der Waals surface area contributed by atoms with E-state index in [1.807, 2.05) is 13.8 Å². The Morgan fingerprint density at radius 3 is 1.77 bits per heavy atom. The summed E-state index contributed by atoms with van der Waals surface area (Å²) >= 11 is 0. The molecule has 0 radical (unpaired) electrons. The van der Waals surface area contributed by atoms with Gasteiger partial charge in [-0.25, -0.2) is 0 Å². The van der Waals surface area contributed by atoms with Crippen LogP contribution in [0.2, 0.25) is 0 Å². The van der Waals surface area contributed by atoms with E-state index in [1.54, 1.807) is 0 Å². The molecule has 0 amide bonds. The summed E-state index contributed by atoms with van der Waals surface area (Å²) in [6.07, 6.45) is 6.98. The third-order valence-electron chi connectivity index (χ3n) is 2.88. The first kappa shape index (κ1) is 15.5. The van der Waals surface area contributed by atoms with Crippen LogP contribution in [0.4, 0.5) is 0 Å². The average molecular weight is 186 g/mol. The molecule has 0 aliphatic rings. The van der Waals surface area contributed by atoms with Crippen molar-refractivity contribution in [1.29, 1.82) is 0 Å². The topological polar surface area (TPSA) is 0 Å². The highest BCUT2D eigenvalue weighted by Crippen LogP contribution is 2.20. The van der Waals surface area contributed by atoms with Gasteiger partial charge in [-0.2, -0.15) is 0 Å². The first-order valence-electron chi connectivity index (χ1n) is 6.22. The molecule has 2 unspecified atom stereocenters. The van der Waals surface area contributed by atoms with Gasteiger partial charge < -0.3 is 0 Å². The Balaban J connectivity index is 0. The maximum atomic E-state index is 2.39. The predicted molar refractivity (Wildman–Crippen MR) is 64.1 cm³/mol. The predicted octanol–water partition coefficient (Wildman–Crippen LogP) is 5.28. The largest absolute Gasteiger partial charge is 0.0683 e. The molecule has 0 N–H and O–H groups in total. The van der Waals surface area contributed by atoms with E-state index in [0.717, 1.165) is 11.8 Å². The fourth-order valence-electron chi connectivity index (χ4n) is 1.40. The maximum absolute atomic E-state index is 2.39. The van der Waals surface area contributed by atoms with Gasteiger partial charge in [0.05, 0.1) is 0 Å². The second-order valence-electron chi connectivity index (χ2n) is 3.86. The van der Waals surface area contributed by atoms with Gasteiger partial charge in [0, 0.05) is 0 Å². The molecule has 82 valence electrons. The minimum atomic E-state index is 0.923. The molecule has 0 bridgehead atoms. The van der Waals surface area contributed by atoms with Crippen LogP contribution < -0.4 is 0 Å². The van der Waals surface area contributed by atoms with Gasteiger partial charge in [-0.15, -0.1) is 0 Å². The number of hydrogen-bond acceptors (Lipinski definition) is 0. The molecule has 0 heteroatoms. The van der Waals surface area contributed by atoms with Crippen LogP contribution in [0.1, 0.15) is 73.6 Å². The van der Waals surface area contributed by atoms with Crippen molar-refractivity contribution in [2.45, 2.75) is 73.6 Å². The normalized spacial score (nSPS) is 14.3. The van der Waals surface area contributed by atoms with Crippen LogP contribution in [-0.2, 0) is 0 Å². The van der Waals surface area contributed by atoms with Gasteiger partial charge in [-0.1, -0.05) is 73.6 Å². The lowest BCUT2D eigenvalue weighted by Crippen LogP contribution is -2.06. The second kappa shape index (κ2) is 12.0. The van der Waals surface area contributed by atoms with Gasteiger partial charge in [0.1, 0.15) is 0 Å². The zero-order chi connectivity index (χ0) is 10.7. The van der Waals surface area contributed by atoms with Gasteiger partial charge in [0.2, 0.25) is 0 Å².